The predicted octanol–water partition coefficient (Wildman–Crippen LogP) is 0.463. The highest BCUT2D eigenvalue weighted by Crippen LogP contribution is 2.33. The van der Waals surface area contributed by atoms with E-state index in [4.69, 9.17) is 5.11 Å². The Balaban J connectivity index is 2.36. The van der Waals surface area contributed by atoms with Crippen LogP contribution in [0.4, 0.5) is 0 Å². The number of rotatable bonds is 5. The van der Waals surface area contributed by atoms with Crippen LogP contribution in [0.15, 0.2) is 0 Å². The van der Waals surface area contributed by atoms with Crippen LogP contribution in [0.2, 0.25) is 0 Å². The second-order valence-electron chi connectivity index (χ2n) is 5.49. The predicted molar refractivity (Wildman–Crippen MR) is 64.1 cm³/mol. The molecule has 0 bridgehead atoms. The number of hydrogen-bond acceptors (Lipinski definition) is 3. The Bertz CT molecular complexity index is 241. The first-order valence-electron chi connectivity index (χ1n) is 6.02. The van der Waals surface area contributed by atoms with Crippen LogP contribution in [0.25, 0.3) is 0 Å². The van der Waals surface area contributed by atoms with Crippen LogP contribution in [-0.4, -0.2) is 49.2 Å². The zero-order chi connectivity index (χ0) is 12.2. The lowest BCUT2D eigenvalue weighted by atomic mass is 9.78. The van der Waals surface area contributed by atoms with Gasteiger partial charge in [-0.1, -0.05) is 13.8 Å². The van der Waals surface area contributed by atoms with Gasteiger partial charge in [0.2, 0.25) is 5.91 Å². The van der Waals surface area contributed by atoms with Gasteiger partial charge >= 0.3 is 0 Å². The second-order valence-corrected chi connectivity index (χ2v) is 5.49. The summed E-state index contributed by atoms with van der Waals surface area (Å²) in [6.45, 7) is 7.30. The number of likely N-dealkylation sites (tertiary alicyclic amines) is 1. The molecule has 0 aromatic heterocycles. The lowest BCUT2D eigenvalue weighted by Crippen LogP contribution is -2.39. The molecule has 0 aliphatic carbocycles. The summed E-state index contributed by atoms with van der Waals surface area (Å²) < 4.78 is 0. The molecule has 1 aliphatic rings. The molecule has 0 radical (unpaired) electrons. The number of aliphatic hydroxyl groups excluding tert-OH is 1. The Kier molecular flexibility index (Phi) is 4.74. The van der Waals surface area contributed by atoms with E-state index in [2.05, 4.69) is 31.1 Å². The van der Waals surface area contributed by atoms with Gasteiger partial charge < -0.3 is 15.3 Å². The fourth-order valence-electron chi connectivity index (χ4n) is 2.23. The molecule has 94 valence electrons. The summed E-state index contributed by atoms with van der Waals surface area (Å²) in [5, 5.41) is 11.5. The number of carbonyl (C=O) groups excluding carboxylic acids is 1. The van der Waals surface area contributed by atoms with Crippen LogP contribution in [0, 0.1) is 11.3 Å². The van der Waals surface area contributed by atoms with Gasteiger partial charge in [0.15, 0.2) is 0 Å². The Morgan fingerprint density at radius 3 is 2.75 bits per heavy atom. The molecule has 1 unspecified atom stereocenters. The van der Waals surface area contributed by atoms with Crippen LogP contribution in [0.3, 0.4) is 0 Å². The van der Waals surface area contributed by atoms with E-state index in [1.54, 1.807) is 0 Å². The summed E-state index contributed by atoms with van der Waals surface area (Å²) >= 11 is 0. The number of hydrogen-bond donors (Lipinski definition) is 2. The zero-order valence-electron chi connectivity index (χ0n) is 10.6. The maximum Gasteiger partial charge on any atom is 0.222 e. The Hall–Kier alpha value is -0.610. The molecule has 1 fully saturated rings. The van der Waals surface area contributed by atoms with Gasteiger partial charge in [-0.15, -0.1) is 0 Å². The fraction of sp³-hybridized carbons (Fsp3) is 0.917. The molecular formula is C12H24N2O2. The Morgan fingerprint density at radius 2 is 2.25 bits per heavy atom. The van der Waals surface area contributed by atoms with Crippen LogP contribution in [-0.2, 0) is 4.79 Å². The van der Waals surface area contributed by atoms with Crippen molar-refractivity contribution < 1.29 is 9.90 Å². The lowest BCUT2D eigenvalue weighted by Gasteiger charge is -2.31. The maximum atomic E-state index is 11.3. The first-order chi connectivity index (χ1) is 7.45. The Morgan fingerprint density at radius 1 is 1.56 bits per heavy atom. The van der Waals surface area contributed by atoms with Crippen LogP contribution < -0.4 is 5.32 Å². The minimum absolute atomic E-state index is 0.0538. The summed E-state index contributed by atoms with van der Waals surface area (Å²) in [7, 11) is 2.14. The molecule has 4 heteroatoms. The van der Waals surface area contributed by atoms with Gasteiger partial charge in [-0.05, 0) is 31.3 Å². The second kappa shape index (κ2) is 5.64. The van der Waals surface area contributed by atoms with Crippen molar-refractivity contribution >= 4 is 5.91 Å². The number of carbonyl (C=O) groups is 1. The van der Waals surface area contributed by atoms with E-state index in [0.717, 1.165) is 13.1 Å². The first-order valence-corrected chi connectivity index (χ1v) is 6.02. The number of nitrogens with one attached hydrogen (secondary N) is 1. The van der Waals surface area contributed by atoms with Crippen molar-refractivity contribution in [3.05, 3.63) is 0 Å². The van der Waals surface area contributed by atoms with Gasteiger partial charge in [-0.25, -0.2) is 0 Å². The average Bonchev–Trinajstić information content (AvgIpc) is 2.63. The van der Waals surface area contributed by atoms with Crippen LogP contribution in [0.1, 0.15) is 26.7 Å². The van der Waals surface area contributed by atoms with Crippen molar-refractivity contribution in [1.82, 2.24) is 10.2 Å². The van der Waals surface area contributed by atoms with Gasteiger partial charge in [0.1, 0.15) is 0 Å². The quantitative estimate of drug-likeness (QED) is 0.719. The van der Waals surface area contributed by atoms with Gasteiger partial charge in [-0.2, -0.15) is 0 Å². The summed E-state index contributed by atoms with van der Waals surface area (Å²) in [6, 6.07) is 0. The highest BCUT2D eigenvalue weighted by molar-refractivity contribution is 5.75. The molecule has 0 aromatic carbocycles. The molecule has 1 rings (SSSR count). The minimum atomic E-state index is -0.0710. The van der Waals surface area contributed by atoms with E-state index in [1.807, 2.05) is 0 Å². The molecule has 1 aliphatic heterocycles. The topological polar surface area (TPSA) is 52.6 Å². The van der Waals surface area contributed by atoms with E-state index in [0.29, 0.717) is 12.5 Å². The largest absolute Gasteiger partial charge is 0.396 e. The normalized spacial score (nSPS) is 22.4. The van der Waals surface area contributed by atoms with E-state index >= 15 is 0 Å². The molecule has 0 aromatic rings. The molecule has 1 saturated heterocycles. The summed E-state index contributed by atoms with van der Waals surface area (Å²) in [5.41, 5.74) is 0.135. The molecule has 0 saturated carbocycles. The number of amides is 1. The van der Waals surface area contributed by atoms with E-state index < -0.39 is 0 Å². The SMILES string of the molecule is CN1CCC(C(C)(C)CNC(=O)CCO)C1. The van der Waals surface area contributed by atoms with Crippen molar-refractivity contribution in [3.63, 3.8) is 0 Å². The highest BCUT2D eigenvalue weighted by atomic mass is 16.3. The third-order valence-corrected chi connectivity index (χ3v) is 3.58. The molecule has 1 amide bonds. The molecule has 2 N–H and O–H groups in total. The zero-order valence-corrected chi connectivity index (χ0v) is 10.6. The monoisotopic (exact) mass is 228 g/mol. The highest BCUT2D eigenvalue weighted by Gasteiger charge is 2.33. The number of aliphatic hydroxyl groups is 1. The van der Waals surface area contributed by atoms with E-state index in [1.165, 1.54) is 6.42 Å². The number of nitrogens with zero attached hydrogens (tertiary/aromatic N) is 1. The van der Waals surface area contributed by atoms with Gasteiger partial charge in [0, 0.05) is 19.5 Å². The van der Waals surface area contributed by atoms with Gasteiger partial charge in [0.05, 0.1) is 6.61 Å². The van der Waals surface area contributed by atoms with Crippen molar-refractivity contribution in [1.29, 1.82) is 0 Å². The van der Waals surface area contributed by atoms with Gasteiger partial charge in [-0.3, -0.25) is 4.79 Å². The molecule has 1 atom stereocenters. The summed E-state index contributed by atoms with van der Waals surface area (Å²) in [6.07, 6.45) is 1.42. The smallest absolute Gasteiger partial charge is 0.222 e. The van der Waals surface area contributed by atoms with E-state index in [9.17, 15) is 4.79 Å². The standard InChI is InChI=1S/C12H24N2O2/c1-12(2,9-13-11(16)5-7-15)10-4-6-14(3)8-10/h10,15H,4-9H2,1-3H3,(H,13,16). The molecule has 1 heterocycles. The lowest BCUT2D eigenvalue weighted by molar-refractivity contribution is -0.122. The van der Waals surface area contributed by atoms with Crippen LogP contribution >= 0.6 is 0 Å². The summed E-state index contributed by atoms with van der Waals surface area (Å²) in [5.74, 6) is 0.592. The fourth-order valence-corrected chi connectivity index (χ4v) is 2.23. The van der Waals surface area contributed by atoms with Crippen molar-refractivity contribution in [2.24, 2.45) is 11.3 Å². The van der Waals surface area contributed by atoms with Crippen molar-refractivity contribution in [2.45, 2.75) is 26.7 Å². The van der Waals surface area contributed by atoms with E-state index in [-0.39, 0.29) is 24.3 Å². The molecule has 4 nitrogen and oxygen atoms in total. The van der Waals surface area contributed by atoms with Crippen molar-refractivity contribution in [2.75, 3.05) is 33.3 Å². The first kappa shape index (κ1) is 13.5. The van der Waals surface area contributed by atoms with Crippen LogP contribution in [0.5, 0.6) is 0 Å². The molecule has 0 spiro atoms. The maximum absolute atomic E-state index is 11.3. The average molecular weight is 228 g/mol. The summed E-state index contributed by atoms with van der Waals surface area (Å²) in [4.78, 5) is 13.6. The third kappa shape index (κ3) is 3.76. The molecule has 16 heavy (non-hydrogen) atoms. The molecular weight excluding hydrogens is 204 g/mol. The van der Waals surface area contributed by atoms with Gasteiger partial charge in [0.25, 0.3) is 0 Å². The minimum Gasteiger partial charge on any atom is -0.396 e. The third-order valence-electron chi connectivity index (χ3n) is 3.58. The van der Waals surface area contributed by atoms with Crippen molar-refractivity contribution in [3.8, 4) is 0 Å². The Labute approximate surface area is 98.0 Å².